The minimum Gasteiger partial charge on any atom is -0.459 e. The van der Waals surface area contributed by atoms with Gasteiger partial charge in [-0.3, -0.25) is 47.7 Å². The fraction of sp³-hybridized carbons (Fsp3) is 0.700. The van der Waals surface area contributed by atoms with Crippen LogP contribution < -0.4 is 20.7 Å². The number of benzene rings is 2. The first-order valence-electron chi connectivity index (χ1n) is 49.0. The molecule has 0 saturated carbocycles. The Hall–Kier alpha value is -9.55. The Bertz CT molecular complexity index is 5080. The van der Waals surface area contributed by atoms with E-state index in [1.165, 1.54) is 66.1 Å². The smallest absolute Gasteiger partial charge is 0.312 e. The number of rotatable bonds is 68. The van der Waals surface area contributed by atoms with Gasteiger partial charge in [0.05, 0.1) is 148 Å². The zero-order valence-corrected chi connectivity index (χ0v) is 88.9. The standard InChI is InChI=1S/C83H129Cl2N17O18S.C16H27NO4.CH4/c1-14-16-17-18-19-20-21-22-29-99-47-64(89-93-99)53-117-75(106)79(4,5)57-81(7,76(107)118-54-65-48-100(94-90-65)31-27-86-73(104)26-30-97(10)11)59-83(9,78(109)120-56-67-50-102(96-92-67)33-36-114-39-40-116-42-41-115-38-37-112-13)60-82(8,58-80(6,15-2)74(105)87-46-61(3)103)77(108)119-55-66-49-101(95-91-66)32-35-113-34-28-88-121(110,111)68-25-23-24-62(43-68)70-51-98(12)52-71-69(70)44-63(84)45-72(71)85;1-7-9-21-14(20)15(4,5)11-16(6,8-2)13(19)17-10-12(3)18;/h23-25,43-45,47-50,61,70,88,103H,14-22,26-42,46,51-60H2,1-13H3,(H,86,104)(H,87,105);1,12,18H,8-11H2,2-6H3,(H,17,19);1H4. The van der Waals surface area contributed by atoms with Gasteiger partial charge in [0.1, 0.15) is 49.2 Å². The minimum absolute atomic E-state index is 0. The normalized spacial score (nSPS) is 15.4. The van der Waals surface area contributed by atoms with E-state index < -0.39 is 129 Å². The second kappa shape index (κ2) is 61.2. The van der Waals surface area contributed by atoms with Gasteiger partial charge in [-0.1, -0.05) is 149 Å². The highest BCUT2D eigenvalue weighted by Crippen LogP contribution is 2.53. The number of hydrogen-bond acceptors (Lipinski definition) is 32. The molecule has 7 rings (SSSR count). The van der Waals surface area contributed by atoms with Crippen molar-refractivity contribution in [2.75, 3.05) is 134 Å². The van der Waals surface area contributed by atoms with Gasteiger partial charge >= 0.3 is 29.8 Å². The first-order valence-corrected chi connectivity index (χ1v) is 51.2. The molecule has 5 heterocycles. The summed E-state index contributed by atoms with van der Waals surface area (Å²) in [7, 11) is 3.34. The van der Waals surface area contributed by atoms with E-state index in [0.29, 0.717) is 101 Å². The molecule has 8 unspecified atom stereocenters. The third-order valence-corrected chi connectivity index (χ3v) is 26.8. The second-order valence-corrected chi connectivity index (χ2v) is 42.4. The quantitative estimate of drug-likeness (QED) is 0.00894. The lowest BCUT2D eigenvalue weighted by Crippen LogP contribution is -2.50. The maximum absolute atomic E-state index is 15.8. The molecule has 0 fully saturated rings. The number of amides is 3. The molecule has 8 atom stereocenters. The van der Waals surface area contributed by atoms with Crippen LogP contribution in [0.25, 0.3) is 0 Å². The Kier molecular flexibility index (Phi) is 53.0. The van der Waals surface area contributed by atoms with E-state index in [2.05, 4.69) is 79.7 Å². The molecule has 1 aliphatic heterocycles. The van der Waals surface area contributed by atoms with Gasteiger partial charge in [-0.2, -0.15) is 0 Å². The van der Waals surface area contributed by atoms with Crippen LogP contribution in [0, 0.1) is 50.2 Å². The van der Waals surface area contributed by atoms with E-state index in [9.17, 15) is 42.6 Å². The van der Waals surface area contributed by atoms with Crippen molar-refractivity contribution in [2.24, 2.45) is 37.9 Å². The molecule has 2 aromatic carbocycles. The molecule has 43 heteroatoms. The number of sulfonamides is 1. The number of hydrogen-bond donors (Lipinski definition) is 6. The maximum atomic E-state index is 15.8. The van der Waals surface area contributed by atoms with Crippen molar-refractivity contribution in [3.05, 3.63) is 111 Å². The number of terminal acetylenes is 1. The molecule has 0 aliphatic carbocycles. The Labute approximate surface area is 854 Å². The van der Waals surface area contributed by atoms with Gasteiger partial charge in [-0.25, -0.2) is 22.5 Å². The number of nitrogens with zero attached hydrogens (tertiary/aromatic N) is 14. The molecule has 1 aliphatic rings. The summed E-state index contributed by atoms with van der Waals surface area (Å²) >= 11 is 13.1. The molecule has 6 N–H and O–H groups in total. The summed E-state index contributed by atoms with van der Waals surface area (Å²) in [5, 5.41) is 63.2. The number of nitrogens with one attached hydrogen (secondary N) is 4. The van der Waals surface area contributed by atoms with Crippen LogP contribution in [-0.4, -0.2) is 282 Å². The molecule has 0 radical (unpaired) electrons. The molecule has 4 aromatic heterocycles. The Morgan fingerprint density at radius 3 is 1.42 bits per heavy atom. The Morgan fingerprint density at radius 1 is 0.531 bits per heavy atom. The van der Waals surface area contributed by atoms with Crippen LogP contribution >= 0.6 is 23.2 Å². The van der Waals surface area contributed by atoms with Crippen LogP contribution in [0.3, 0.4) is 0 Å². The van der Waals surface area contributed by atoms with Crippen molar-refractivity contribution in [1.29, 1.82) is 0 Å². The molecular formula is C100H160Cl2N18O22S. The van der Waals surface area contributed by atoms with E-state index >= 15 is 14.4 Å². The van der Waals surface area contributed by atoms with E-state index in [1.54, 1.807) is 124 Å². The number of aliphatic hydroxyl groups excluding tert-OH is 2. The number of carbonyl (C=O) groups is 8. The lowest BCUT2D eigenvalue weighted by atomic mass is 9.59. The highest BCUT2D eigenvalue weighted by atomic mass is 35.5. The summed E-state index contributed by atoms with van der Waals surface area (Å²) in [5.74, 6) is -2.59. The topological polar surface area (TPSA) is 481 Å². The number of ether oxygens (including phenoxy) is 10. The largest absolute Gasteiger partial charge is 0.459 e. The zero-order valence-electron chi connectivity index (χ0n) is 86.6. The summed E-state index contributed by atoms with van der Waals surface area (Å²) in [4.78, 5) is 117. The monoisotopic (exact) mass is 2070 g/mol. The molecule has 0 spiro atoms. The van der Waals surface area contributed by atoms with Crippen LogP contribution in [0.4, 0.5) is 0 Å². The predicted molar refractivity (Wildman–Crippen MR) is 537 cm³/mol. The highest BCUT2D eigenvalue weighted by Gasteiger charge is 2.56. The van der Waals surface area contributed by atoms with Gasteiger partial charge in [0.25, 0.3) is 0 Å². The van der Waals surface area contributed by atoms with Crippen LogP contribution in [0.5, 0.6) is 0 Å². The third-order valence-electron chi connectivity index (χ3n) is 24.8. The number of likely N-dealkylation sites (N-methyl/N-ethyl adjacent to an activating group) is 1. The SMILES string of the molecule is C.C#CCOC(=O)C(C)(C)CC(C)(CC)C(=O)NCC(C)O.CCCCCCCCCCn1cc(COC(=O)C(C)(C)CC(C)(CC(C)(CC(C)(CC(C)(CC)C(=O)NCC(C)O)C(=O)OCc2cn(CCOCCNS(=O)(=O)c3cccc(C4CN(C)Cc5c(Cl)cc(Cl)cc54)c3)nn2)C(=O)OCc2cn(CCOCCOCCOCCOC)nn2)C(=O)OCc2cn(CCNC(=O)CCN(C)C)nn2)nn1. The van der Waals surface area contributed by atoms with Crippen LogP contribution in [0.15, 0.2) is 66.1 Å². The predicted octanol–water partition coefficient (Wildman–Crippen LogP) is 10.8. The van der Waals surface area contributed by atoms with E-state index in [0.717, 1.165) is 36.0 Å². The number of aryl methyl sites for hydroxylation is 1. The van der Waals surface area contributed by atoms with Crippen molar-refractivity contribution in [3.63, 3.8) is 0 Å². The number of fused-ring (bicyclic) bond motifs is 1. The average molecular weight is 2070 g/mol. The van der Waals surface area contributed by atoms with Gasteiger partial charge in [-0.15, -0.1) is 26.8 Å². The number of methoxy groups -OCH3 is 1. The number of aromatic nitrogens is 12. The van der Waals surface area contributed by atoms with Crippen molar-refractivity contribution >= 4 is 80.8 Å². The van der Waals surface area contributed by atoms with Gasteiger partial charge in [0.15, 0.2) is 6.61 Å². The van der Waals surface area contributed by atoms with Crippen LogP contribution in [0.2, 0.25) is 10.0 Å². The van der Waals surface area contributed by atoms with Gasteiger partial charge in [0.2, 0.25) is 27.7 Å². The maximum Gasteiger partial charge on any atom is 0.312 e. The molecule has 143 heavy (non-hydrogen) atoms. The summed E-state index contributed by atoms with van der Waals surface area (Å²) in [6.07, 6.45) is 18.8. The minimum atomic E-state index is -3.98. The third kappa shape index (κ3) is 42.4. The lowest BCUT2D eigenvalue weighted by Gasteiger charge is -2.44. The number of unbranched alkanes of at least 4 members (excludes halogenated alkanes) is 7. The molecule has 0 bridgehead atoms. The number of esters is 5. The highest BCUT2D eigenvalue weighted by molar-refractivity contribution is 7.89. The first kappa shape index (κ1) is 124. The number of halogens is 2. The summed E-state index contributed by atoms with van der Waals surface area (Å²) < 4.78 is 93.6. The summed E-state index contributed by atoms with van der Waals surface area (Å²) in [6, 6.07) is 10.4. The zero-order chi connectivity index (χ0) is 105. The lowest BCUT2D eigenvalue weighted by molar-refractivity contribution is -0.175. The second-order valence-electron chi connectivity index (χ2n) is 39.8. The number of carbonyl (C=O) groups excluding carboxylic acids is 8. The van der Waals surface area contributed by atoms with Crippen molar-refractivity contribution in [2.45, 2.75) is 289 Å². The molecule has 802 valence electrons. The van der Waals surface area contributed by atoms with Crippen molar-refractivity contribution in [3.8, 4) is 12.3 Å². The van der Waals surface area contributed by atoms with E-state index in [4.69, 9.17) is 77.0 Å². The molecule has 6 aromatic rings. The summed E-state index contributed by atoms with van der Waals surface area (Å²) in [6.45, 7) is 28.1. The Balaban J connectivity index is 0.00000145. The Morgan fingerprint density at radius 2 is 0.951 bits per heavy atom. The van der Waals surface area contributed by atoms with Gasteiger partial charge < -0.3 is 83.3 Å². The van der Waals surface area contributed by atoms with Crippen molar-refractivity contribution in [1.82, 2.24) is 90.4 Å². The van der Waals surface area contributed by atoms with Gasteiger partial charge in [0, 0.05) is 92.7 Å². The summed E-state index contributed by atoms with van der Waals surface area (Å²) in [5.41, 5.74) is -6.39. The number of aliphatic hydroxyl groups is 2. The molecular weight excluding hydrogens is 1910 g/mol. The fourth-order valence-corrected chi connectivity index (χ4v) is 18.8. The van der Waals surface area contributed by atoms with Crippen molar-refractivity contribution < 1.29 is 104 Å². The van der Waals surface area contributed by atoms with Crippen LogP contribution in [-0.2, 0) is 155 Å². The first-order chi connectivity index (χ1) is 67.2. The fourth-order valence-electron chi connectivity index (χ4n) is 17.2. The van der Waals surface area contributed by atoms with Crippen LogP contribution in [0.1, 0.15) is 252 Å². The van der Waals surface area contributed by atoms with E-state index in [-0.39, 0.29) is 145 Å². The molecule has 40 nitrogen and oxygen atoms in total. The van der Waals surface area contributed by atoms with E-state index in [1.807, 2.05) is 45.1 Å². The van der Waals surface area contributed by atoms with Gasteiger partial charge in [-0.05, 0) is 176 Å². The molecule has 3 amide bonds. The molecule has 0 saturated heterocycles. The average Bonchev–Trinajstić information content (AvgIpc) is 1.61.